The van der Waals surface area contributed by atoms with Crippen molar-refractivity contribution in [3.05, 3.63) is 0 Å². The molecule has 0 heterocycles. The number of carbonyl (C=O) groups excluding carboxylic acids is 1. The van der Waals surface area contributed by atoms with Crippen LogP contribution in [0.2, 0.25) is 0 Å². The molecule has 2 aliphatic carbocycles. The minimum Gasteiger partial charge on any atom is -0.389 e. The highest BCUT2D eigenvalue weighted by molar-refractivity contribution is 5.83. The van der Waals surface area contributed by atoms with Crippen molar-refractivity contribution in [3.8, 4) is 0 Å². The molecule has 2 atom stereocenters. The molecule has 62 valence electrons. The fraction of sp³-hybridized carbons (Fsp3) is 0.889. The second kappa shape index (κ2) is 2.31. The molecule has 0 unspecified atom stereocenters. The Bertz CT molecular complexity index is 188. The summed E-state index contributed by atoms with van der Waals surface area (Å²) in [5.74, 6) is 0.299. The Hall–Kier alpha value is -0.370. The maximum atomic E-state index is 11.3. The van der Waals surface area contributed by atoms with Crippen LogP contribution in [0.15, 0.2) is 0 Å². The van der Waals surface area contributed by atoms with Crippen molar-refractivity contribution >= 4 is 5.78 Å². The number of ketones is 1. The lowest BCUT2D eigenvalue weighted by atomic mass is 9.77. The van der Waals surface area contributed by atoms with Crippen LogP contribution in [0.3, 0.4) is 0 Å². The third-order valence-corrected chi connectivity index (χ3v) is 3.17. The molecule has 2 rings (SSSR count). The monoisotopic (exact) mass is 154 g/mol. The van der Waals surface area contributed by atoms with Gasteiger partial charge in [0.2, 0.25) is 0 Å². The van der Waals surface area contributed by atoms with Gasteiger partial charge in [-0.1, -0.05) is 0 Å². The van der Waals surface area contributed by atoms with Gasteiger partial charge in [-0.2, -0.15) is 0 Å². The van der Waals surface area contributed by atoms with Crippen molar-refractivity contribution in [2.45, 2.75) is 44.1 Å². The Morgan fingerprint density at radius 1 is 1.36 bits per heavy atom. The van der Waals surface area contributed by atoms with Crippen molar-refractivity contribution < 1.29 is 9.90 Å². The van der Waals surface area contributed by atoms with Crippen molar-refractivity contribution in [2.75, 3.05) is 0 Å². The molecule has 1 N–H and O–H groups in total. The summed E-state index contributed by atoms with van der Waals surface area (Å²) in [4.78, 5) is 11.3. The zero-order chi connectivity index (χ0) is 7.90. The molecule has 0 aromatic rings. The van der Waals surface area contributed by atoms with Crippen LogP contribution in [0.4, 0.5) is 0 Å². The Kier molecular flexibility index (Phi) is 1.53. The maximum absolute atomic E-state index is 11.3. The molecule has 0 aromatic heterocycles. The van der Waals surface area contributed by atoms with Crippen molar-refractivity contribution in [2.24, 2.45) is 5.92 Å². The highest BCUT2D eigenvalue weighted by Crippen LogP contribution is 2.43. The first-order valence-corrected chi connectivity index (χ1v) is 4.47. The smallest absolute Gasteiger partial charge is 0.138 e. The van der Waals surface area contributed by atoms with Crippen LogP contribution in [-0.2, 0) is 4.79 Å². The van der Waals surface area contributed by atoms with Crippen molar-refractivity contribution in [1.29, 1.82) is 0 Å². The molecule has 2 fully saturated rings. The zero-order valence-corrected chi connectivity index (χ0v) is 6.68. The highest BCUT2D eigenvalue weighted by Gasteiger charge is 2.46. The van der Waals surface area contributed by atoms with E-state index in [1.807, 2.05) is 0 Å². The predicted octanol–water partition coefficient (Wildman–Crippen LogP) is 1.27. The standard InChI is InChI=1S/C9H14O2/c10-8-4-2-6-9(11)5-1-3-7(8)9/h7,11H,1-6H2/t7-,9-/m0/s1. The topological polar surface area (TPSA) is 37.3 Å². The van der Waals surface area contributed by atoms with Gasteiger partial charge in [-0.05, 0) is 32.1 Å². The Labute approximate surface area is 66.6 Å². The van der Waals surface area contributed by atoms with Gasteiger partial charge in [0.05, 0.1) is 5.60 Å². The molecule has 0 aromatic carbocycles. The van der Waals surface area contributed by atoms with Gasteiger partial charge < -0.3 is 5.11 Å². The summed E-state index contributed by atoms with van der Waals surface area (Å²) in [6, 6.07) is 0. The minimum absolute atomic E-state index is 0.00347. The predicted molar refractivity (Wildman–Crippen MR) is 41.1 cm³/mol. The summed E-state index contributed by atoms with van der Waals surface area (Å²) in [5, 5.41) is 9.96. The Balaban J connectivity index is 2.22. The number of carbonyl (C=O) groups is 1. The molecular weight excluding hydrogens is 140 g/mol. The molecule has 2 aliphatic rings. The second-order valence-electron chi connectivity index (χ2n) is 3.87. The number of rotatable bonds is 0. The maximum Gasteiger partial charge on any atom is 0.138 e. The highest BCUT2D eigenvalue weighted by atomic mass is 16.3. The fourth-order valence-electron chi connectivity index (χ4n) is 2.56. The van der Waals surface area contributed by atoms with Crippen LogP contribution in [0.5, 0.6) is 0 Å². The van der Waals surface area contributed by atoms with Gasteiger partial charge >= 0.3 is 0 Å². The van der Waals surface area contributed by atoms with E-state index in [-0.39, 0.29) is 5.92 Å². The van der Waals surface area contributed by atoms with E-state index in [4.69, 9.17) is 0 Å². The van der Waals surface area contributed by atoms with Crippen LogP contribution >= 0.6 is 0 Å². The van der Waals surface area contributed by atoms with Gasteiger partial charge in [0.15, 0.2) is 0 Å². The first-order valence-electron chi connectivity index (χ1n) is 4.47. The quantitative estimate of drug-likeness (QED) is 0.570. The molecule has 2 saturated carbocycles. The first kappa shape index (κ1) is 7.29. The molecule has 0 bridgehead atoms. The lowest BCUT2D eigenvalue weighted by Crippen LogP contribution is -2.41. The van der Waals surface area contributed by atoms with Crippen molar-refractivity contribution in [3.63, 3.8) is 0 Å². The van der Waals surface area contributed by atoms with E-state index in [2.05, 4.69) is 0 Å². The summed E-state index contributed by atoms with van der Waals surface area (Å²) in [6.07, 6.45) is 5.26. The van der Waals surface area contributed by atoms with Crippen molar-refractivity contribution in [1.82, 2.24) is 0 Å². The SMILES string of the molecule is O=C1CCC[C@@]2(O)CCC[C@@H]12. The number of aliphatic hydroxyl groups is 1. The second-order valence-corrected chi connectivity index (χ2v) is 3.87. The Morgan fingerprint density at radius 2 is 2.09 bits per heavy atom. The minimum atomic E-state index is -0.588. The van der Waals surface area contributed by atoms with Gasteiger partial charge in [0.1, 0.15) is 5.78 Å². The summed E-state index contributed by atoms with van der Waals surface area (Å²) in [5.41, 5.74) is -0.588. The molecule has 0 aliphatic heterocycles. The van der Waals surface area contributed by atoms with E-state index in [1.165, 1.54) is 0 Å². The lowest BCUT2D eigenvalue weighted by molar-refractivity contribution is -0.135. The van der Waals surface area contributed by atoms with Crippen LogP contribution in [0.1, 0.15) is 38.5 Å². The average Bonchev–Trinajstić information content (AvgIpc) is 2.31. The van der Waals surface area contributed by atoms with Crippen LogP contribution < -0.4 is 0 Å². The number of hydrogen-bond acceptors (Lipinski definition) is 2. The van der Waals surface area contributed by atoms with Gasteiger partial charge in [0.25, 0.3) is 0 Å². The van der Waals surface area contributed by atoms with E-state index in [9.17, 15) is 9.90 Å². The van der Waals surface area contributed by atoms with Gasteiger partial charge in [-0.25, -0.2) is 0 Å². The Morgan fingerprint density at radius 3 is 2.82 bits per heavy atom. The molecule has 0 saturated heterocycles. The molecule has 2 nitrogen and oxygen atoms in total. The van der Waals surface area contributed by atoms with Crippen LogP contribution in [0, 0.1) is 5.92 Å². The van der Waals surface area contributed by atoms with Crippen LogP contribution in [-0.4, -0.2) is 16.5 Å². The van der Waals surface area contributed by atoms with E-state index in [1.54, 1.807) is 0 Å². The number of fused-ring (bicyclic) bond motifs is 1. The number of Topliss-reactive ketones (excluding diaryl/α,β-unsaturated/α-hetero) is 1. The normalized spacial score (nSPS) is 44.1. The molecule has 0 spiro atoms. The third-order valence-electron chi connectivity index (χ3n) is 3.17. The number of hydrogen-bond donors (Lipinski definition) is 1. The summed E-state index contributed by atoms with van der Waals surface area (Å²) < 4.78 is 0. The lowest BCUT2D eigenvalue weighted by Gasteiger charge is -2.33. The average molecular weight is 154 g/mol. The zero-order valence-electron chi connectivity index (χ0n) is 6.68. The van der Waals surface area contributed by atoms with E-state index >= 15 is 0 Å². The summed E-state index contributed by atoms with van der Waals surface area (Å²) in [7, 11) is 0. The van der Waals surface area contributed by atoms with Crippen LogP contribution in [0.25, 0.3) is 0 Å². The third kappa shape index (κ3) is 1.00. The van der Waals surface area contributed by atoms with Gasteiger partial charge in [-0.15, -0.1) is 0 Å². The molecule has 2 heteroatoms. The molecule has 0 amide bonds. The molecule has 0 radical (unpaired) electrons. The van der Waals surface area contributed by atoms with E-state index in [0.29, 0.717) is 12.2 Å². The van der Waals surface area contributed by atoms with Gasteiger partial charge in [-0.3, -0.25) is 4.79 Å². The molecular formula is C9H14O2. The van der Waals surface area contributed by atoms with E-state index < -0.39 is 5.60 Å². The van der Waals surface area contributed by atoms with Gasteiger partial charge in [0, 0.05) is 12.3 Å². The van der Waals surface area contributed by atoms with E-state index in [0.717, 1.165) is 32.1 Å². The largest absolute Gasteiger partial charge is 0.389 e. The molecule has 11 heavy (non-hydrogen) atoms. The summed E-state index contributed by atoms with van der Waals surface area (Å²) >= 11 is 0. The fourth-order valence-corrected chi connectivity index (χ4v) is 2.56. The summed E-state index contributed by atoms with van der Waals surface area (Å²) in [6.45, 7) is 0. The first-order chi connectivity index (χ1) is 5.22.